The quantitative estimate of drug-likeness (QED) is 0.772. The van der Waals surface area contributed by atoms with Crippen LogP contribution in [0.4, 0.5) is 5.82 Å². The number of aromatic nitrogens is 3. The summed E-state index contributed by atoms with van der Waals surface area (Å²) in [5.74, 6) is 0.429. The molecule has 2 rings (SSSR count). The molecule has 0 aromatic carbocycles. The van der Waals surface area contributed by atoms with Gasteiger partial charge in [-0.2, -0.15) is 0 Å². The van der Waals surface area contributed by atoms with Gasteiger partial charge < -0.3 is 5.73 Å². The van der Waals surface area contributed by atoms with Crippen molar-refractivity contribution in [1.82, 2.24) is 15.2 Å². The number of thiazole rings is 1. The van der Waals surface area contributed by atoms with Crippen LogP contribution in [-0.2, 0) is 0 Å². The number of anilines is 1. The molecule has 0 aliphatic rings. The van der Waals surface area contributed by atoms with Crippen LogP contribution in [0.15, 0.2) is 12.1 Å². The average Bonchev–Trinajstić information content (AvgIpc) is 2.47. The van der Waals surface area contributed by atoms with E-state index in [2.05, 4.69) is 15.2 Å². The number of hydrogen-bond donors (Lipinski definition) is 1. The Morgan fingerprint density at radius 1 is 1.21 bits per heavy atom. The fraction of sp³-hybridized carbons (Fsp3) is 0.222. The van der Waals surface area contributed by atoms with E-state index in [1.165, 1.54) is 0 Å². The summed E-state index contributed by atoms with van der Waals surface area (Å²) in [5.41, 5.74) is 7.14. The van der Waals surface area contributed by atoms with Crippen molar-refractivity contribution in [1.29, 1.82) is 0 Å². The van der Waals surface area contributed by atoms with Gasteiger partial charge in [0.05, 0.1) is 5.01 Å². The smallest absolute Gasteiger partial charge is 0.146 e. The molecule has 0 fully saturated rings. The molecule has 0 atom stereocenters. The van der Waals surface area contributed by atoms with Crippen LogP contribution < -0.4 is 5.73 Å². The summed E-state index contributed by atoms with van der Waals surface area (Å²) in [6.45, 7) is 4.00. The Balaban J connectivity index is 2.49. The molecule has 5 heteroatoms. The van der Waals surface area contributed by atoms with Gasteiger partial charge in [-0.1, -0.05) is 0 Å². The second-order valence-electron chi connectivity index (χ2n) is 2.98. The van der Waals surface area contributed by atoms with Crippen LogP contribution in [0, 0.1) is 13.8 Å². The van der Waals surface area contributed by atoms with Crippen molar-refractivity contribution in [3.05, 3.63) is 22.0 Å². The van der Waals surface area contributed by atoms with E-state index in [-0.39, 0.29) is 0 Å². The average molecular weight is 206 g/mol. The molecule has 2 aromatic heterocycles. The summed E-state index contributed by atoms with van der Waals surface area (Å²) < 4.78 is 0. The van der Waals surface area contributed by atoms with E-state index >= 15 is 0 Å². The molecule has 2 N–H and O–H groups in total. The van der Waals surface area contributed by atoms with Crippen LogP contribution >= 0.6 is 11.3 Å². The van der Waals surface area contributed by atoms with Crippen LogP contribution in [0.25, 0.3) is 11.4 Å². The zero-order chi connectivity index (χ0) is 10.1. The second kappa shape index (κ2) is 3.34. The maximum Gasteiger partial charge on any atom is 0.146 e. The Morgan fingerprint density at radius 3 is 2.50 bits per heavy atom. The van der Waals surface area contributed by atoms with Crippen molar-refractivity contribution in [2.45, 2.75) is 13.8 Å². The first-order chi connectivity index (χ1) is 6.66. The standard InChI is InChI=1S/C9H10N4S/c1-5-9(11-6(2)14-5)7-3-4-8(10)13-12-7/h3-4H,1-2H3,(H2,10,13). The Morgan fingerprint density at radius 2 is 2.00 bits per heavy atom. The minimum Gasteiger partial charge on any atom is -0.382 e. The van der Waals surface area contributed by atoms with Gasteiger partial charge in [-0.3, -0.25) is 0 Å². The minimum atomic E-state index is 0.429. The van der Waals surface area contributed by atoms with Crippen molar-refractivity contribution < 1.29 is 0 Å². The molecule has 0 spiro atoms. The molecule has 72 valence electrons. The molecule has 2 heterocycles. The van der Waals surface area contributed by atoms with Crippen LogP contribution in [0.2, 0.25) is 0 Å². The first-order valence-electron chi connectivity index (χ1n) is 4.20. The number of nitrogens with zero attached hydrogens (tertiary/aromatic N) is 3. The molecule has 0 saturated carbocycles. The number of hydrogen-bond acceptors (Lipinski definition) is 5. The molecule has 0 aliphatic heterocycles. The van der Waals surface area contributed by atoms with Gasteiger partial charge in [0.2, 0.25) is 0 Å². The van der Waals surface area contributed by atoms with Crippen molar-refractivity contribution in [2.75, 3.05) is 5.73 Å². The minimum absolute atomic E-state index is 0.429. The van der Waals surface area contributed by atoms with E-state index in [4.69, 9.17) is 5.73 Å². The third kappa shape index (κ3) is 1.58. The summed E-state index contributed by atoms with van der Waals surface area (Å²) in [5, 5.41) is 8.83. The van der Waals surface area contributed by atoms with E-state index in [1.807, 2.05) is 19.9 Å². The van der Waals surface area contributed by atoms with Crippen molar-refractivity contribution >= 4 is 17.2 Å². The van der Waals surface area contributed by atoms with E-state index in [1.54, 1.807) is 17.4 Å². The van der Waals surface area contributed by atoms with Crippen LogP contribution in [-0.4, -0.2) is 15.2 Å². The fourth-order valence-corrected chi connectivity index (χ4v) is 2.06. The topological polar surface area (TPSA) is 64.7 Å². The highest BCUT2D eigenvalue weighted by atomic mass is 32.1. The summed E-state index contributed by atoms with van der Waals surface area (Å²) in [7, 11) is 0. The predicted molar refractivity (Wildman–Crippen MR) is 57.0 cm³/mol. The number of rotatable bonds is 1. The molecular formula is C9H10N4S. The first-order valence-corrected chi connectivity index (χ1v) is 5.02. The van der Waals surface area contributed by atoms with Crippen LogP contribution in [0.3, 0.4) is 0 Å². The molecule has 0 unspecified atom stereocenters. The Bertz CT molecular complexity index is 446. The van der Waals surface area contributed by atoms with Crippen molar-refractivity contribution in [2.24, 2.45) is 0 Å². The first kappa shape index (κ1) is 9.08. The number of nitrogens with two attached hydrogens (primary N) is 1. The zero-order valence-corrected chi connectivity index (χ0v) is 8.80. The van der Waals surface area contributed by atoms with Gasteiger partial charge in [0.25, 0.3) is 0 Å². The molecule has 0 saturated heterocycles. The largest absolute Gasteiger partial charge is 0.382 e. The van der Waals surface area contributed by atoms with E-state index in [0.29, 0.717) is 5.82 Å². The molecule has 14 heavy (non-hydrogen) atoms. The fourth-order valence-electron chi connectivity index (χ4n) is 1.24. The summed E-state index contributed by atoms with van der Waals surface area (Å²) in [4.78, 5) is 5.54. The SMILES string of the molecule is Cc1nc(-c2ccc(N)nn2)c(C)s1. The molecular weight excluding hydrogens is 196 g/mol. The lowest BCUT2D eigenvalue weighted by Crippen LogP contribution is -1.94. The third-order valence-corrected chi connectivity index (χ3v) is 2.72. The van der Waals surface area contributed by atoms with E-state index < -0.39 is 0 Å². The molecule has 4 nitrogen and oxygen atoms in total. The van der Waals surface area contributed by atoms with Gasteiger partial charge >= 0.3 is 0 Å². The lowest BCUT2D eigenvalue weighted by atomic mass is 10.2. The molecule has 0 radical (unpaired) electrons. The Labute approximate surface area is 85.8 Å². The maximum atomic E-state index is 5.46. The summed E-state index contributed by atoms with van der Waals surface area (Å²) >= 11 is 1.66. The van der Waals surface area contributed by atoms with Gasteiger partial charge in [0.1, 0.15) is 17.2 Å². The Kier molecular flexibility index (Phi) is 2.17. The lowest BCUT2D eigenvalue weighted by Gasteiger charge is -1.96. The normalized spacial score (nSPS) is 10.4. The highest BCUT2D eigenvalue weighted by molar-refractivity contribution is 7.11. The zero-order valence-electron chi connectivity index (χ0n) is 7.98. The van der Waals surface area contributed by atoms with Crippen LogP contribution in [0.5, 0.6) is 0 Å². The van der Waals surface area contributed by atoms with Gasteiger partial charge in [0.15, 0.2) is 0 Å². The van der Waals surface area contributed by atoms with Gasteiger partial charge in [0, 0.05) is 4.88 Å². The number of aryl methyl sites for hydroxylation is 2. The van der Waals surface area contributed by atoms with Crippen LogP contribution in [0.1, 0.15) is 9.88 Å². The van der Waals surface area contributed by atoms with Gasteiger partial charge in [-0.15, -0.1) is 21.5 Å². The monoisotopic (exact) mass is 206 g/mol. The summed E-state index contributed by atoms with van der Waals surface area (Å²) in [6.07, 6.45) is 0. The van der Waals surface area contributed by atoms with Crippen molar-refractivity contribution in [3.8, 4) is 11.4 Å². The maximum absolute atomic E-state index is 5.46. The molecule has 2 aromatic rings. The second-order valence-corrected chi connectivity index (χ2v) is 4.39. The summed E-state index contributed by atoms with van der Waals surface area (Å²) in [6, 6.07) is 3.57. The molecule has 0 aliphatic carbocycles. The number of nitrogen functional groups attached to an aromatic ring is 1. The van der Waals surface area contributed by atoms with Gasteiger partial charge in [-0.25, -0.2) is 4.98 Å². The highest BCUT2D eigenvalue weighted by Crippen LogP contribution is 2.25. The predicted octanol–water partition coefficient (Wildman–Crippen LogP) is 1.80. The Hall–Kier alpha value is -1.49. The van der Waals surface area contributed by atoms with Crippen molar-refractivity contribution in [3.63, 3.8) is 0 Å². The molecule has 0 amide bonds. The highest BCUT2D eigenvalue weighted by Gasteiger charge is 2.08. The van der Waals surface area contributed by atoms with Gasteiger partial charge in [-0.05, 0) is 26.0 Å². The lowest BCUT2D eigenvalue weighted by molar-refractivity contribution is 1.04. The van der Waals surface area contributed by atoms with E-state index in [9.17, 15) is 0 Å². The van der Waals surface area contributed by atoms with E-state index in [0.717, 1.165) is 21.3 Å². The third-order valence-electron chi connectivity index (χ3n) is 1.83. The molecule has 0 bridgehead atoms.